The summed E-state index contributed by atoms with van der Waals surface area (Å²) in [4.78, 5) is 23.7. The molecule has 0 rings (SSSR count). The van der Waals surface area contributed by atoms with Crippen molar-refractivity contribution in [2.75, 3.05) is 0 Å². The number of hydrogen-bond acceptors (Lipinski definition) is 2. The van der Waals surface area contributed by atoms with E-state index in [1.54, 1.807) is 0 Å². The van der Waals surface area contributed by atoms with Gasteiger partial charge in [-0.05, 0) is 38.5 Å². The Morgan fingerprint density at radius 2 is 0.842 bits per heavy atom. The lowest BCUT2D eigenvalue weighted by Gasteiger charge is -2.19. The summed E-state index contributed by atoms with van der Waals surface area (Å²) in [7, 11) is 0. The molecule has 0 heterocycles. The molecule has 0 saturated heterocycles. The van der Waals surface area contributed by atoms with Gasteiger partial charge < -0.3 is 10.2 Å². The third-order valence-electron chi connectivity index (χ3n) is 7.69. The number of rotatable bonds is 29. The SMILES string of the molecule is CCCCCCCCC=CCCC=CCC(C(=O)O)C(CCCCCCCCCCCCCCC)C(=O)O. The molecule has 0 bridgehead atoms. The van der Waals surface area contributed by atoms with Crippen molar-refractivity contribution in [3.8, 4) is 0 Å². The van der Waals surface area contributed by atoms with Crippen LogP contribution in [0.15, 0.2) is 24.3 Å². The number of aliphatic carboxylic acids is 2. The van der Waals surface area contributed by atoms with Gasteiger partial charge in [-0.25, -0.2) is 0 Å². The van der Waals surface area contributed by atoms with Crippen LogP contribution >= 0.6 is 0 Å². The Hall–Kier alpha value is -1.58. The van der Waals surface area contributed by atoms with Crippen LogP contribution in [0.3, 0.4) is 0 Å². The van der Waals surface area contributed by atoms with E-state index in [0.29, 0.717) is 12.8 Å². The lowest BCUT2D eigenvalue weighted by Crippen LogP contribution is -2.29. The summed E-state index contributed by atoms with van der Waals surface area (Å²) in [5.41, 5.74) is 0. The van der Waals surface area contributed by atoms with E-state index in [0.717, 1.165) is 38.5 Å². The first-order valence-corrected chi connectivity index (χ1v) is 16.3. The summed E-state index contributed by atoms with van der Waals surface area (Å²) in [6.45, 7) is 4.49. The fraction of sp³-hybridized carbons (Fsp3) is 0.824. The van der Waals surface area contributed by atoms with Crippen LogP contribution in [-0.2, 0) is 9.59 Å². The van der Waals surface area contributed by atoms with E-state index in [1.165, 1.54) is 103 Å². The average molecular weight is 535 g/mol. The Labute approximate surface area is 235 Å². The molecular formula is C34H62O4. The maximum atomic E-state index is 11.8. The molecule has 0 aromatic heterocycles. The van der Waals surface area contributed by atoms with Crippen LogP contribution in [0.5, 0.6) is 0 Å². The van der Waals surface area contributed by atoms with Gasteiger partial charge in [0.05, 0.1) is 11.8 Å². The van der Waals surface area contributed by atoms with Crippen molar-refractivity contribution in [3.63, 3.8) is 0 Å². The minimum Gasteiger partial charge on any atom is -0.481 e. The normalized spacial score (nSPS) is 13.4. The lowest BCUT2D eigenvalue weighted by atomic mass is 9.85. The van der Waals surface area contributed by atoms with Gasteiger partial charge >= 0.3 is 11.9 Å². The number of allylic oxidation sites excluding steroid dienone is 4. The highest BCUT2D eigenvalue weighted by Crippen LogP contribution is 2.24. The van der Waals surface area contributed by atoms with E-state index in [4.69, 9.17) is 0 Å². The van der Waals surface area contributed by atoms with Crippen molar-refractivity contribution in [1.29, 1.82) is 0 Å². The summed E-state index contributed by atoms with van der Waals surface area (Å²) in [6.07, 6.45) is 36.1. The molecule has 4 nitrogen and oxygen atoms in total. The molecular weight excluding hydrogens is 472 g/mol. The highest BCUT2D eigenvalue weighted by atomic mass is 16.4. The number of carbonyl (C=O) groups is 2. The first kappa shape index (κ1) is 36.4. The van der Waals surface area contributed by atoms with Crippen LogP contribution < -0.4 is 0 Å². The fourth-order valence-corrected chi connectivity index (χ4v) is 5.15. The zero-order chi connectivity index (χ0) is 28.1. The summed E-state index contributed by atoms with van der Waals surface area (Å²) >= 11 is 0. The van der Waals surface area contributed by atoms with E-state index in [-0.39, 0.29) is 0 Å². The molecule has 2 unspecified atom stereocenters. The van der Waals surface area contributed by atoms with Crippen molar-refractivity contribution >= 4 is 11.9 Å². The Morgan fingerprint density at radius 1 is 0.474 bits per heavy atom. The highest BCUT2D eigenvalue weighted by molar-refractivity contribution is 5.80. The topological polar surface area (TPSA) is 74.6 Å². The van der Waals surface area contributed by atoms with Crippen LogP contribution in [0.4, 0.5) is 0 Å². The van der Waals surface area contributed by atoms with Crippen molar-refractivity contribution < 1.29 is 19.8 Å². The van der Waals surface area contributed by atoms with E-state index in [9.17, 15) is 19.8 Å². The predicted octanol–water partition coefficient (Wildman–Crippen LogP) is 10.9. The van der Waals surface area contributed by atoms with Crippen molar-refractivity contribution in [2.24, 2.45) is 11.8 Å². The van der Waals surface area contributed by atoms with Crippen molar-refractivity contribution in [3.05, 3.63) is 24.3 Å². The fourth-order valence-electron chi connectivity index (χ4n) is 5.15. The van der Waals surface area contributed by atoms with Crippen molar-refractivity contribution in [1.82, 2.24) is 0 Å². The number of carboxylic acid groups (broad SMARTS) is 2. The molecule has 222 valence electrons. The van der Waals surface area contributed by atoms with Crippen molar-refractivity contribution in [2.45, 2.75) is 168 Å². The summed E-state index contributed by atoms with van der Waals surface area (Å²) in [5.74, 6) is -3.61. The lowest BCUT2D eigenvalue weighted by molar-refractivity contribution is -0.154. The molecule has 2 N–H and O–H groups in total. The van der Waals surface area contributed by atoms with Crippen LogP contribution in [0, 0.1) is 11.8 Å². The molecule has 38 heavy (non-hydrogen) atoms. The van der Waals surface area contributed by atoms with Crippen LogP contribution in [-0.4, -0.2) is 22.2 Å². The second kappa shape index (κ2) is 28.4. The summed E-state index contributed by atoms with van der Waals surface area (Å²) in [6, 6.07) is 0. The predicted molar refractivity (Wildman–Crippen MR) is 163 cm³/mol. The van der Waals surface area contributed by atoms with Gasteiger partial charge in [-0.3, -0.25) is 9.59 Å². The quantitative estimate of drug-likeness (QED) is 0.0739. The molecule has 0 aromatic rings. The molecule has 2 atom stereocenters. The molecule has 4 heteroatoms. The molecule has 0 fully saturated rings. The molecule has 0 aromatic carbocycles. The zero-order valence-corrected chi connectivity index (χ0v) is 25.1. The van der Waals surface area contributed by atoms with E-state index >= 15 is 0 Å². The maximum Gasteiger partial charge on any atom is 0.307 e. The third-order valence-corrected chi connectivity index (χ3v) is 7.69. The summed E-state index contributed by atoms with van der Waals surface area (Å²) in [5, 5.41) is 19.4. The van der Waals surface area contributed by atoms with Gasteiger partial charge in [0.1, 0.15) is 0 Å². The van der Waals surface area contributed by atoms with Gasteiger partial charge in [0.2, 0.25) is 0 Å². The molecule has 0 saturated carbocycles. The maximum absolute atomic E-state index is 11.8. The van der Waals surface area contributed by atoms with Gasteiger partial charge in [-0.1, -0.05) is 154 Å². The first-order chi connectivity index (χ1) is 18.5. The zero-order valence-electron chi connectivity index (χ0n) is 25.1. The minimum absolute atomic E-state index is 0.298. The Morgan fingerprint density at radius 3 is 1.29 bits per heavy atom. The van der Waals surface area contributed by atoms with Gasteiger partial charge in [-0.15, -0.1) is 0 Å². The van der Waals surface area contributed by atoms with E-state index in [1.807, 2.05) is 12.2 Å². The molecule has 0 aliphatic heterocycles. The first-order valence-electron chi connectivity index (χ1n) is 16.3. The molecule has 0 radical (unpaired) electrons. The number of hydrogen-bond donors (Lipinski definition) is 2. The largest absolute Gasteiger partial charge is 0.481 e. The number of unbranched alkanes of at least 4 members (excludes halogenated alkanes) is 19. The monoisotopic (exact) mass is 534 g/mol. The molecule has 0 amide bonds. The average Bonchev–Trinajstić information content (AvgIpc) is 2.89. The highest BCUT2D eigenvalue weighted by Gasteiger charge is 2.32. The summed E-state index contributed by atoms with van der Waals surface area (Å²) < 4.78 is 0. The van der Waals surface area contributed by atoms with E-state index < -0.39 is 23.8 Å². The van der Waals surface area contributed by atoms with Gasteiger partial charge in [0, 0.05) is 0 Å². The van der Waals surface area contributed by atoms with Gasteiger partial charge in [0.15, 0.2) is 0 Å². The van der Waals surface area contributed by atoms with Crippen LogP contribution in [0.25, 0.3) is 0 Å². The van der Waals surface area contributed by atoms with Crippen LogP contribution in [0.1, 0.15) is 168 Å². The third kappa shape index (κ3) is 23.5. The Kier molecular flexibility index (Phi) is 27.2. The second-order valence-electron chi connectivity index (χ2n) is 11.2. The van der Waals surface area contributed by atoms with Gasteiger partial charge in [-0.2, -0.15) is 0 Å². The molecule has 0 spiro atoms. The van der Waals surface area contributed by atoms with Crippen LogP contribution in [0.2, 0.25) is 0 Å². The van der Waals surface area contributed by atoms with Gasteiger partial charge in [0.25, 0.3) is 0 Å². The molecule has 0 aliphatic carbocycles. The Bertz CT molecular complexity index is 595. The second-order valence-corrected chi connectivity index (χ2v) is 11.2. The molecule has 0 aliphatic rings. The standard InChI is InChI=1S/C34H62O4/c1-3-5-7-9-11-13-15-17-19-21-23-25-27-29-31(33(35)36)32(34(37)38)30-28-26-24-22-20-18-16-14-12-10-8-6-4-2/h17,19,25,27,31-32H,3-16,18,20-24,26,28-30H2,1-2H3,(H,35,36)(H,37,38). The Balaban J connectivity index is 4.01. The number of carboxylic acids is 2. The van der Waals surface area contributed by atoms with E-state index in [2.05, 4.69) is 26.0 Å². The smallest absolute Gasteiger partial charge is 0.307 e. The minimum atomic E-state index is -0.990.